The van der Waals surface area contributed by atoms with Crippen LogP contribution in [0.15, 0.2) is 59.1 Å². The van der Waals surface area contributed by atoms with E-state index in [9.17, 15) is 9.59 Å². The summed E-state index contributed by atoms with van der Waals surface area (Å²) in [6.07, 6.45) is 0.295. The maximum absolute atomic E-state index is 12.9. The van der Waals surface area contributed by atoms with Crippen LogP contribution in [0.5, 0.6) is 5.75 Å². The van der Waals surface area contributed by atoms with Crippen molar-refractivity contribution in [2.45, 2.75) is 6.42 Å². The van der Waals surface area contributed by atoms with Gasteiger partial charge in [0.15, 0.2) is 17.2 Å². The Morgan fingerprint density at radius 2 is 2.00 bits per heavy atom. The number of hydrogen-bond acceptors (Lipinski definition) is 5. The molecule has 0 radical (unpaired) electrons. The minimum Gasteiger partial charge on any atom is -0.497 e. The minimum absolute atomic E-state index is 0.0434. The molecule has 0 aliphatic carbocycles. The van der Waals surface area contributed by atoms with E-state index in [1.54, 1.807) is 36.3 Å². The summed E-state index contributed by atoms with van der Waals surface area (Å²) >= 11 is 0. The molecule has 130 valence electrons. The zero-order valence-corrected chi connectivity index (χ0v) is 14.1. The average Bonchev–Trinajstić information content (AvgIpc) is 3.18. The van der Waals surface area contributed by atoms with Crippen molar-refractivity contribution in [2.75, 3.05) is 18.6 Å². The second-order valence-electron chi connectivity index (χ2n) is 5.96. The molecular formula is C20H16N2O4. The lowest BCUT2D eigenvalue weighted by Gasteiger charge is -2.27. The van der Waals surface area contributed by atoms with Gasteiger partial charge < -0.3 is 14.2 Å². The first-order valence-corrected chi connectivity index (χ1v) is 8.22. The van der Waals surface area contributed by atoms with E-state index in [-0.39, 0.29) is 17.4 Å². The zero-order valence-electron chi connectivity index (χ0n) is 14.1. The largest absolute Gasteiger partial charge is 0.497 e. The fourth-order valence-corrected chi connectivity index (χ4v) is 3.05. The monoisotopic (exact) mass is 348 g/mol. The van der Waals surface area contributed by atoms with Gasteiger partial charge in [0.2, 0.25) is 0 Å². The number of fused-ring (bicyclic) bond motifs is 1. The van der Waals surface area contributed by atoms with E-state index in [4.69, 9.17) is 9.26 Å². The highest BCUT2D eigenvalue weighted by Gasteiger charge is 2.29. The van der Waals surface area contributed by atoms with Gasteiger partial charge in [-0.15, -0.1) is 0 Å². The molecule has 6 heteroatoms. The van der Waals surface area contributed by atoms with Crippen molar-refractivity contribution < 1.29 is 18.8 Å². The van der Waals surface area contributed by atoms with Crippen molar-refractivity contribution >= 4 is 17.4 Å². The second kappa shape index (κ2) is 6.48. The third-order valence-corrected chi connectivity index (χ3v) is 4.39. The van der Waals surface area contributed by atoms with Crippen molar-refractivity contribution in [1.82, 2.24) is 5.16 Å². The van der Waals surface area contributed by atoms with Crippen LogP contribution in [-0.4, -0.2) is 30.5 Å². The summed E-state index contributed by atoms with van der Waals surface area (Å²) in [5, 5.41) is 3.92. The Kier molecular flexibility index (Phi) is 4.01. The predicted octanol–water partition coefficient (Wildman–Crippen LogP) is 3.58. The number of Topliss-reactive ketones (excluding diaryl/α,β-unsaturated/α-hetero) is 1. The Morgan fingerprint density at radius 3 is 2.85 bits per heavy atom. The number of aromatic nitrogens is 1. The number of benzene rings is 2. The summed E-state index contributed by atoms with van der Waals surface area (Å²) in [6.45, 7) is 0.329. The van der Waals surface area contributed by atoms with Crippen LogP contribution in [0.4, 0.5) is 5.69 Å². The van der Waals surface area contributed by atoms with Crippen molar-refractivity contribution in [1.29, 1.82) is 0 Å². The normalized spacial score (nSPS) is 13.4. The molecule has 0 atom stereocenters. The molecule has 0 spiro atoms. The van der Waals surface area contributed by atoms with E-state index in [0.717, 1.165) is 5.56 Å². The number of para-hydroxylation sites is 1. The number of ketones is 1. The molecular weight excluding hydrogens is 332 g/mol. The maximum Gasteiger partial charge on any atom is 0.280 e. The lowest BCUT2D eigenvalue weighted by Crippen LogP contribution is -2.37. The Bertz CT molecular complexity index is 993. The molecule has 4 rings (SSSR count). The highest BCUT2D eigenvalue weighted by atomic mass is 16.5. The molecule has 1 aromatic heterocycles. The van der Waals surface area contributed by atoms with Gasteiger partial charge in [-0.05, 0) is 24.3 Å². The third kappa shape index (κ3) is 2.75. The number of carbonyl (C=O) groups is 2. The van der Waals surface area contributed by atoms with Gasteiger partial charge in [-0.1, -0.05) is 29.4 Å². The topological polar surface area (TPSA) is 72.6 Å². The Labute approximate surface area is 150 Å². The SMILES string of the molecule is COc1cccc(-c2cc(C(=O)N3CCC(=O)c4ccccc43)no2)c1. The van der Waals surface area contributed by atoms with Gasteiger partial charge in [-0.25, -0.2) is 0 Å². The number of anilines is 1. The molecule has 2 heterocycles. The summed E-state index contributed by atoms with van der Waals surface area (Å²) in [6, 6.07) is 16.0. The number of nitrogens with zero attached hydrogens (tertiary/aromatic N) is 2. The summed E-state index contributed by atoms with van der Waals surface area (Å²) in [5.74, 6) is 0.925. The Hall–Kier alpha value is -3.41. The van der Waals surface area contributed by atoms with Crippen LogP contribution >= 0.6 is 0 Å². The quantitative estimate of drug-likeness (QED) is 0.723. The van der Waals surface area contributed by atoms with E-state index >= 15 is 0 Å². The Balaban J connectivity index is 1.65. The molecule has 2 aromatic carbocycles. The smallest absolute Gasteiger partial charge is 0.280 e. The van der Waals surface area contributed by atoms with Crippen LogP contribution in [0.25, 0.3) is 11.3 Å². The van der Waals surface area contributed by atoms with Gasteiger partial charge in [0.05, 0.1) is 12.8 Å². The van der Waals surface area contributed by atoms with Gasteiger partial charge in [0.1, 0.15) is 5.75 Å². The van der Waals surface area contributed by atoms with Gasteiger partial charge >= 0.3 is 0 Å². The molecule has 0 bridgehead atoms. The van der Waals surface area contributed by atoms with Crippen LogP contribution in [0.2, 0.25) is 0 Å². The molecule has 0 N–H and O–H groups in total. The lowest BCUT2D eigenvalue weighted by atomic mass is 10.00. The number of carbonyl (C=O) groups excluding carboxylic acids is 2. The van der Waals surface area contributed by atoms with E-state index in [1.165, 1.54) is 0 Å². The predicted molar refractivity (Wildman–Crippen MR) is 95.6 cm³/mol. The molecule has 26 heavy (non-hydrogen) atoms. The molecule has 6 nitrogen and oxygen atoms in total. The summed E-state index contributed by atoms with van der Waals surface area (Å²) < 4.78 is 10.6. The maximum atomic E-state index is 12.9. The first-order valence-electron chi connectivity index (χ1n) is 8.22. The number of methoxy groups -OCH3 is 1. The van der Waals surface area contributed by atoms with Crippen LogP contribution < -0.4 is 9.64 Å². The molecule has 0 saturated heterocycles. The molecule has 0 fully saturated rings. The molecule has 1 aliphatic heterocycles. The summed E-state index contributed by atoms with van der Waals surface area (Å²) in [7, 11) is 1.59. The number of ether oxygens (including phenoxy) is 1. The number of rotatable bonds is 3. The van der Waals surface area contributed by atoms with Crippen molar-refractivity contribution in [3.05, 3.63) is 65.9 Å². The van der Waals surface area contributed by atoms with Crippen LogP contribution in [0.1, 0.15) is 27.3 Å². The first-order chi connectivity index (χ1) is 12.7. The number of hydrogen-bond donors (Lipinski definition) is 0. The minimum atomic E-state index is -0.289. The molecule has 3 aromatic rings. The second-order valence-corrected chi connectivity index (χ2v) is 5.96. The third-order valence-electron chi connectivity index (χ3n) is 4.39. The van der Waals surface area contributed by atoms with Crippen molar-refractivity contribution in [3.63, 3.8) is 0 Å². The average molecular weight is 348 g/mol. The zero-order chi connectivity index (χ0) is 18.1. The van der Waals surface area contributed by atoms with Crippen LogP contribution in [0.3, 0.4) is 0 Å². The fraction of sp³-hybridized carbons (Fsp3) is 0.150. The van der Waals surface area contributed by atoms with Gasteiger partial charge in [0, 0.05) is 30.2 Å². The molecule has 1 amide bonds. The highest BCUT2D eigenvalue weighted by molar-refractivity contribution is 6.12. The van der Waals surface area contributed by atoms with Gasteiger partial charge in [0.25, 0.3) is 5.91 Å². The van der Waals surface area contributed by atoms with E-state index in [0.29, 0.717) is 35.7 Å². The van der Waals surface area contributed by atoms with E-state index < -0.39 is 0 Å². The van der Waals surface area contributed by atoms with Crippen molar-refractivity contribution in [2.24, 2.45) is 0 Å². The van der Waals surface area contributed by atoms with Gasteiger partial charge in [-0.2, -0.15) is 0 Å². The summed E-state index contributed by atoms with van der Waals surface area (Å²) in [4.78, 5) is 26.5. The first kappa shape index (κ1) is 16.1. The molecule has 0 unspecified atom stereocenters. The molecule has 0 saturated carbocycles. The van der Waals surface area contributed by atoms with Crippen molar-refractivity contribution in [3.8, 4) is 17.1 Å². The summed E-state index contributed by atoms with van der Waals surface area (Å²) in [5.41, 5.74) is 2.14. The Morgan fingerprint density at radius 1 is 1.15 bits per heavy atom. The van der Waals surface area contributed by atoms with E-state index in [1.807, 2.05) is 30.3 Å². The van der Waals surface area contributed by atoms with Crippen LogP contribution in [0, 0.1) is 0 Å². The lowest BCUT2D eigenvalue weighted by molar-refractivity contribution is 0.0950. The van der Waals surface area contributed by atoms with Gasteiger partial charge in [-0.3, -0.25) is 9.59 Å². The number of amides is 1. The van der Waals surface area contributed by atoms with Crippen LogP contribution in [-0.2, 0) is 0 Å². The standard InChI is InChI=1S/C20H16N2O4/c1-25-14-6-4-5-13(11-14)19-12-16(21-26-19)20(24)22-10-9-18(23)15-7-2-3-8-17(15)22/h2-8,11-12H,9-10H2,1H3. The molecule has 1 aliphatic rings. The highest BCUT2D eigenvalue weighted by Crippen LogP contribution is 2.29. The fourth-order valence-electron chi connectivity index (χ4n) is 3.05. The van der Waals surface area contributed by atoms with E-state index in [2.05, 4.69) is 5.16 Å².